The van der Waals surface area contributed by atoms with Gasteiger partial charge in [0.05, 0.1) is 11.9 Å². The summed E-state index contributed by atoms with van der Waals surface area (Å²) < 4.78 is 39.4. The number of anilines is 1. The fourth-order valence-corrected chi connectivity index (χ4v) is 5.19. The lowest BCUT2D eigenvalue weighted by molar-refractivity contribution is -0.141. The van der Waals surface area contributed by atoms with Crippen LogP contribution in [0, 0.1) is 12.7 Å². The molecule has 7 nitrogen and oxygen atoms in total. The van der Waals surface area contributed by atoms with Crippen molar-refractivity contribution in [2.75, 3.05) is 24.2 Å². The van der Waals surface area contributed by atoms with Gasteiger partial charge in [0.15, 0.2) is 0 Å². The highest BCUT2D eigenvalue weighted by atomic mass is 32.2. The van der Waals surface area contributed by atoms with Gasteiger partial charge in [0.2, 0.25) is 21.8 Å². The van der Waals surface area contributed by atoms with Crippen molar-refractivity contribution in [1.82, 2.24) is 10.2 Å². The van der Waals surface area contributed by atoms with E-state index < -0.39 is 21.9 Å². The molecular weight excluding hydrogens is 505 g/mol. The molecule has 1 atom stereocenters. The number of rotatable bonds is 12. The van der Waals surface area contributed by atoms with Crippen molar-refractivity contribution in [3.05, 3.63) is 101 Å². The maximum Gasteiger partial charge on any atom is 0.242 e. The number of likely N-dealkylation sites (N-methyl/N-ethyl adjacent to an activating group) is 1. The van der Waals surface area contributed by atoms with E-state index in [-0.39, 0.29) is 37.7 Å². The molecule has 9 heteroatoms. The van der Waals surface area contributed by atoms with Crippen molar-refractivity contribution in [3.63, 3.8) is 0 Å². The molecule has 0 aliphatic carbocycles. The van der Waals surface area contributed by atoms with Crippen LogP contribution in [0.25, 0.3) is 0 Å². The maximum absolute atomic E-state index is 13.6. The van der Waals surface area contributed by atoms with Crippen LogP contribution in [-0.2, 0) is 32.6 Å². The predicted molar refractivity (Wildman–Crippen MR) is 148 cm³/mol. The van der Waals surface area contributed by atoms with Crippen LogP contribution in [0.2, 0.25) is 0 Å². The summed E-state index contributed by atoms with van der Waals surface area (Å²) in [6.45, 7) is 2.25. The van der Waals surface area contributed by atoms with Gasteiger partial charge in [-0.05, 0) is 48.7 Å². The first-order valence-corrected chi connectivity index (χ1v) is 14.3. The molecular formula is C29H34FN3O4S. The van der Waals surface area contributed by atoms with E-state index in [1.165, 1.54) is 24.3 Å². The van der Waals surface area contributed by atoms with Gasteiger partial charge in [-0.25, -0.2) is 12.8 Å². The summed E-state index contributed by atoms with van der Waals surface area (Å²) >= 11 is 0. The first kappa shape index (κ1) is 28.8. The number of sulfonamides is 1. The lowest BCUT2D eigenvalue weighted by Crippen LogP contribution is -2.49. The summed E-state index contributed by atoms with van der Waals surface area (Å²) in [4.78, 5) is 28.2. The number of carbonyl (C=O) groups is 2. The van der Waals surface area contributed by atoms with Crippen LogP contribution >= 0.6 is 0 Å². The van der Waals surface area contributed by atoms with Crippen LogP contribution in [-0.4, -0.2) is 51.0 Å². The zero-order valence-corrected chi connectivity index (χ0v) is 22.7. The minimum Gasteiger partial charge on any atom is -0.357 e. The Balaban J connectivity index is 1.83. The molecule has 0 spiro atoms. The Bertz CT molecular complexity index is 1310. The van der Waals surface area contributed by atoms with Crippen LogP contribution in [0.3, 0.4) is 0 Å². The lowest BCUT2D eigenvalue weighted by Gasteiger charge is -2.31. The molecule has 3 aromatic rings. The quantitative estimate of drug-likeness (QED) is 0.376. The monoisotopic (exact) mass is 539 g/mol. The summed E-state index contributed by atoms with van der Waals surface area (Å²) in [5.41, 5.74) is 3.21. The molecule has 3 aromatic carbocycles. The summed E-state index contributed by atoms with van der Waals surface area (Å²) in [5, 5.41) is 2.68. The molecule has 0 saturated heterocycles. The molecule has 38 heavy (non-hydrogen) atoms. The predicted octanol–water partition coefficient (Wildman–Crippen LogP) is 4.07. The minimum absolute atomic E-state index is 0.0291. The number of nitrogens with zero attached hydrogens (tertiary/aromatic N) is 2. The normalized spacial score (nSPS) is 12.0. The van der Waals surface area contributed by atoms with Gasteiger partial charge in [0.1, 0.15) is 11.9 Å². The van der Waals surface area contributed by atoms with E-state index in [0.717, 1.165) is 27.3 Å². The summed E-state index contributed by atoms with van der Waals surface area (Å²) in [7, 11) is -2.11. The van der Waals surface area contributed by atoms with E-state index in [2.05, 4.69) is 5.32 Å². The number of halogens is 1. The largest absolute Gasteiger partial charge is 0.357 e. The van der Waals surface area contributed by atoms with Gasteiger partial charge in [0, 0.05) is 33.0 Å². The van der Waals surface area contributed by atoms with E-state index in [9.17, 15) is 22.4 Å². The highest BCUT2D eigenvalue weighted by molar-refractivity contribution is 7.92. The Labute approximate surface area is 224 Å². The van der Waals surface area contributed by atoms with Crippen LogP contribution < -0.4 is 9.62 Å². The van der Waals surface area contributed by atoms with Gasteiger partial charge in [-0.3, -0.25) is 13.9 Å². The molecule has 1 N–H and O–H groups in total. The van der Waals surface area contributed by atoms with Gasteiger partial charge >= 0.3 is 0 Å². The Morgan fingerprint density at radius 1 is 0.921 bits per heavy atom. The molecule has 0 radical (unpaired) electrons. The lowest BCUT2D eigenvalue weighted by atomic mass is 10.0. The SMILES string of the molecule is CNC(=O)C(Cc1ccccc1)N(Cc1ccc(C)cc1)C(=O)CCCN(c1ccc(F)cc1)S(C)(=O)=O. The highest BCUT2D eigenvalue weighted by Crippen LogP contribution is 2.20. The number of aryl methyl sites for hydroxylation is 1. The third-order valence-corrected chi connectivity index (χ3v) is 7.45. The van der Waals surface area contributed by atoms with Gasteiger partial charge in [-0.15, -0.1) is 0 Å². The maximum atomic E-state index is 13.6. The standard InChI is InChI=1S/C29H34FN3O4S/c1-22-11-13-24(14-12-22)21-32(27(29(35)31-2)20-23-8-5-4-6-9-23)28(34)10-7-19-33(38(3,36)37)26-17-15-25(30)16-18-26/h4-6,8-9,11-18,27H,7,10,19-21H2,1-3H3,(H,31,35). The van der Waals surface area contributed by atoms with Crippen molar-refractivity contribution in [2.45, 2.75) is 38.8 Å². The van der Waals surface area contributed by atoms with Crippen molar-refractivity contribution in [3.8, 4) is 0 Å². The van der Waals surface area contributed by atoms with E-state index in [1.807, 2.05) is 61.5 Å². The third kappa shape index (κ3) is 8.14. The number of amides is 2. The summed E-state index contributed by atoms with van der Waals surface area (Å²) in [6, 6.07) is 21.7. The van der Waals surface area contributed by atoms with E-state index in [4.69, 9.17) is 0 Å². The van der Waals surface area contributed by atoms with Crippen molar-refractivity contribution in [2.24, 2.45) is 0 Å². The first-order valence-electron chi connectivity index (χ1n) is 12.4. The molecule has 0 aromatic heterocycles. The Morgan fingerprint density at radius 3 is 2.13 bits per heavy atom. The first-order chi connectivity index (χ1) is 18.1. The minimum atomic E-state index is -3.65. The van der Waals surface area contributed by atoms with Crippen molar-refractivity contribution >= 4 is 27.5 Å². The summed E-state index contributed by atoms with van der Waals surface area (Å²) in [5.74, 6) is -1.01. The molecule has 0 bridgehead atoms. The fourth-order valence-electron chi connectivity index (χ4n) is 4.22. The molecule has 3 rings (SSSR count). The second kappa shape index (κ2) is 13.2. The van der Waals surface area contributed by atoms with E-state index in [0.29, 0.717) is 12.1 Å². The van der Waals surface area contributed by atoms with E-state index >= 15 is 0 Å². The number of nitrogens with one attached hydrogen (secondary N) is 1. The zero-order valence-electron chi connectivity index (χ0n) is 21.9. The van der Waals surface area contributed by atoms with Crippen LogP contribution in [0.15, 0.2) is 78.9 Å². The van der Waals surface area contributed by atoms with Gasteiger partial charge in [-0.1, -0.05) is 60.2 Å². The molecule has 1 unspecified atom stereocenters. The molecule has 0 aliphatic rings. The topological polar surface area (TPSA) is 86.8 Å². The molecule has 0 aliphatic heterocycles. The average Bonchev–Trinajstić information content (AvgIpc) is 2.89. The number of benzene rings is 3. The Hall–Kier alpha value is -3.72. The molecule has 0 heterocycles. The molecule has 2 amide bonds. The van der Waals surface area contributed by atoms with Gasteiger partial charge in [-0.2, -0.15) is 0 Å². The van der Waals surface area contributed by atoms with Gasteiger partial charge in [0.25, 0.3) is 0 Å². The Morgan fingerprint density at radius 2 is 1.55 bits per heavy atom. The molecule has 0 saturated carbocycles. The van der Waals surface area contributed by atoms with Crippen molar-refractivity contribution in [1.29, 1.82) is 0 Å². The van der Waals surface area contributed by atoms with Gasteiger partial charge < -0.3 is 10.2 Å². The number of carbonyl (C=O) groups excluding carboxylic acids is 2. The fraction of sp³-hybridized carbons (Fsp3) is 0.310. The second-order valence-electron chi connectivity index (χ2n) is 9.24. The van der Waals surface area contributed by atoms with Crippen LogP contribution in [0.4, 0.5) is 10.1 Å². The van der Waals surface area contributed by atoms with E-state index in [1.54, 1.807) is 11.9 Å². The number of hydrogen-bond donors (Lipinski definition) is 1. The zero-order chi connectivity index (χ0) is 27.7. The third-order valence-electron chi connectivity index (χ3n) is 6.26. The average molecular weight is 540 g/mol. The smallest absolute Gasteiger partial charge is 0.242 e. The highest BCUT2D eigenvalue weighted by Gasteiger charge is 2.30. The second-order valence-corrected chi connectivity index (χ2v) is 11.1. The van der Waals surface area contributed by atoms with Crippen LogP contribution in [0.5, 0.6) is 0 Å². The van der Waals surface area contributed by atoms with Crippen LogP contribution in [0.1, 0.15) is 29.5 Å². The molecule has 0 fully saturated rings. The van der Waals surface area contributed by atoms with Crippen molar-refractivity contribution < 1.29 is 22.4 Å². The molecule has 202 valence electrons. The summed E-state index contributed by atoms with van der Waals surface area (Å²) in [6.07, 6.45) is 1.66. The number of hydrogen-bond acceptors (Lipinski definition) is 4. The Kier molecular flexibility index (Phi) is 10.0.